The second kappa shape index (κ2) is 10.0. The molecule has 32 heavy (non-hydrogen) atoms. The van der Waals surface area contributed by atoms with Crippen molar-refractivity contribution in [2.75, 3.05) is 6.54 Å². The average molecular weight is 479 g/mol. The van der Waals surface area contributed by atoms with Crippen LogP contribution in [0.4, 0.5) is 0 Å². The lowest BCUT2D eigenvalue weighted by molar-refractivity contribution is -0.124. The Morgan fingerprint density at radius 2 is 1.78 bits per heavy atom. The monoisotopic (exact) mass is 478 g/mol. The summed E-state index contributed by atoms with van der Waals surface area (Å²) < 4.78 is 28.6. The number of carbonyl (C=O) groups excluding carboxylic acids is 1. The lowest BCUT2D eigenvalue weighted by Crippen LogP contribution is -2.48. The molecule has 3 rings (SSSR count). The van der Waals surface area contributed by atoms with E-state index in [2.05, 4.69) is 19.2 Å². The zero-order valence-corrected chi connectivity index (χ0v) is 19.6. The van der Waals surface area contributed by atoms with Gasteiger partial charge in [-0.2, -0.15) is 4.31 Å². The molecule has 2 aromatic carbocycles. The predicted octanol–water partition coefficient (Wildman–Crippen LogP) is 3.78. The third kappa shape index (κ3) is 5.49. The van der Waals surface area contributed by atoms with Gasteiger partial charge in [0.25, 0.3) is 0 Å². The van der Waals surface area contributed by atoms with Gasteiger partial charge in [-0.05, 0) is 66.6 Å². The minimum absolute atomic E-state index is 0.0437. The number of nitrogens with one attached hydrogen (secondary N) is 1. The molecule has 1 heterocycles. The third-order valence-electron chi connectivity index (χ3n) is 5.89. The Kier molecular flexibility index (Phi) is 7.59. The van der Waals surface area contributed by atoms with Crippen LogP contribution >= 0.6 is 11.6 Å². The van der Waals surface area contributed by atoms with E-state index in [1.54, 1.807) is 12.1 Å². The smallest absolute Gasteiger partial charge is 0.335 e. The Morgan fingerprint density at radius 1 is 1.16 bits per heavy atom. The highest BCUT2D eigenvalue weighted by atomic mass is 35.5. The van der Waals surface area contributed by atoms with E-state index >= 15 is 0 Å². The highest BCUT2D eigenvalue weighted by molar-refractivity contribution is 7.89. The third-order valence-corrected chi connectivity index (χ3v) is 8.01. The number of nitrogens with zero attached hydrogens (tertiary/aromatic N) is 1. The van der Waals surface area contributed by atoms with Gasteiger partial charge in [0.2, 0.25) is 15.9 Å². The van der Waals surface area contributed by atoms with Crippen molar-refractivity contribution >= 4 is 33.5 Å². The lowest BCUT2D eigenvalue weighted by Gasteiger charge is -2.31. The Bertz CT molecular complexity index is 1070. The van der Waals surface area contributed by atoms with Crippen LogP contribution in [0.25, 0.3) is 0 Å². The van der Waals surface area contributed by atoms with Crippen LogP contribution in [0.2, 0.25) is 5.02 Å². The van der Waals surface area contributed by atoms with Crippen LogP contribution in [0.1, 0.15) is 42.6 Å². The van der Waals surface area contributed by atoms with Crippen molar-refractivity contribution in [3.05, 3.63) is 64.7 Å². The van der Waals surface area contributed by atoms with Crippen LogP contribution in [0.3, 0.4) is 0 Å². The number of amides is 1. The van der Waals surface area contributed by atoms with Crippen molar-refractivity contribution in [2.45, 2.75) is 44.2 Å². The number of carboxylic acid groups (broad SMARTS) is 1. The quantitative estimate of drug-likeness (QED) is 0.630. The molecule has 0 aliphatic carbocycles. The Hall–Kier alpha value is -2.42. The second-order valence-corrected chi connectivity index (χ2v) is 10.7. The first-order valence-corrected chi connectivity index (χ1v) is 12.3. The Labute approximate surface area is 193 Å². The fraction of sp³-hybridized carbons (Fsp3) is 0.391. The zero-order chi connectivity index (χ0) is 23.5. The standard InChI is InChI=1S/C23H27ClN2O5S/c1-15(2)18-11-12-25-22(27)21(13-18)26(14-16-3-5-17(6-4-16)23(28)29)32(30,31)20-9-7-19(24)8-10-20/h3-10,15,18,21H,11-14H2,1-2H3,(H,25,27)(H,28,29). The number of rotatable bonds is 7. The highest BCUT2D eigenvalue weighted by Gasteiger charge is 2.39. The van der Waals surface area contributed by atoms with Crippen molar-refractivity contribution < 1.29 is 23.1 Å². The molecule has 2 N–H and O–H groups in total. The Balaban J connectivity index is 2.04. The molecule has 0 spiro atoms. The van der Waals surface area contributed by atoms with Crippen LogP contribution in [0, 0.1) is 11.8 Å². The summed E-state index contributed by atoms with van der Waals surface area (Å²) in [6.07, 6.45) is 1.19. The summed E-state index contributed by atoms with van der Waals surface area (Å²) in [4.78, 5) is 24.2. The van der Waals surface area contributed by atoms with E-state index in [9.17, 15) is 18.0 Å². The van der Waals surface area contributed by atoms with Gasteiger partial charge in [-0.15, -0.1) is 0 Å². The molecule has 9 heteroatoms. The summed E-state index contributed by atoms with van der Waals surface area (Å²) in [5.41, 5.74) is 0.693. The van der Waals surface area contributed by atoms with Crippen LogP contribution in [-0.4, -0.2) is 42.3 Å². The van der Waals surface area contributed by atoms with Crippen LogP contribution in [-0.2, 0) is 21.4 Å². The first-order valence-electron chi connectivity index (χ1n) is 10.5. The summed E-state index contributed by atoms with van der Waals surface area (Å²) in [6, 6.07) is 11.0. The molecule has 0 bridgehead atoms. The van der Waals surface area contributed by atoms with E-state index in [0.29, 0.717) is 29.5 Å². The average Bonchev–Trinajstić information content (AvgIpc) is 2.94. The van der Waals surface area contributed by atoms with Gasteiger partial charge in [-0.25, -0.2) is 13.2 Å². The van der Waals surface area contributed by atoms with E-state index in [4.69, 9.17) is 16.7 Å². The predicted molar refractivity (Wildman–Crippen MR) is 122 cm³/mol. The number of hydrogen-bond acceptors (Lipinski definition) is 4. The van der Waals surface area contributed by atoms with E-state index in [1.165, 1.54) is 40.7 Å². The van der Waals surface area contributed by atoms with Gasteiger partial charge in [0.1, 0.15) is 6.04 Å². The van der Waals surface area contributed by atoms with E-state index in [-0.39, 0.29) is 28.8 Å². The molecule has 2 aromatic rings. The van der Waals surface area contributed by atoms with Crippen molar-refractivity contribution in [1.29, 1.82) is 0 Å². The van der Waals surface area contributed by atoms with E-state index in [0.717, 1.165) is 6.42 Å². The minimum Gasteiger partial charge on any atom is -0.478 e. The molecular formula is C23H27ClN2O5S. The van der Waals surface area contributed by atoms with Gasteiger partial charge >= 0.3 is 5.97 Å². The molecule has 7 nitrogen and oxygen atoms in total. The largest absolute Gasteiger partial charge is 0.478 e. The first kappa shape index (κ1) is 24.2. The Morgan fingerprint density at radius 3 is 2.34 bits per heavy atom. The van der Waals surface area contributed by atoms with E-state index in [1.807, 2.05) is 0 Å². The molecule has 2 atom stereocenters. The maximum Gasteiger partial charge on any atom is 0.335 e. The number of carboxylic acids is 1. The van der Waals surface area contributed by atoms with Gasteiger partial charge in [0.15, 0.2) is 0 Å². The molecule has 1 saturated heterocycles. The van der Waals surface area contributed by atoms with Gasteiger partial charge < -0.3 is 10.4 Å². The summed E-state index contributed by atoms with van der Waals surface area (Å²) in [5.74, 6) is -0.922. The molecule has 0 aromatic heterocycles. The highest BCUT2D eigenvalue weighted by Crippen LogP contribution is 2.30. The molecule has 1 amide bonds. The zero-order valence-electron chi connectivity index (χ0n) is 18.0. The van der Waals surface area contributed by atoms with Gasteiger partial charge in [0.05, 0.1) is 10.5 Å². The van der Waals surface area contributed by atoms with Crippen molar-refractivity contribution in [1.82, 2.24) is 9.62 Å². The normalized spacial score (nSPS) is 19.6. The van der Waals surface area contributed by atoms with Crippen LogP contribution in [0.15, 0.2) is 53.4 Å². The van der Waals surface area contributed by atoms with Gasteiger partial charge in [0, 0.05) is 18.1 Å². The maximum absolute atomic E-state index is 13.7. The first-order chi connectivity index (χ1) is 15.1. The van der Waals surface area contributed by atoms with Crippen molar-refractivity contribution in [2.24, 2.45) is 11.8 Å². The summed E-state index contributed by atoms with van der Waals surface area (Å²) in [7, 11) is -4.04. The number of aromatic carboxylic acids is 1. The fourth-order valence-corrected chi connectivity index (χ4v) is 5.61. The van der Waals surface area contributed by atoms with Crippen molar-refractivity contribution in [3.8, 4) is 0 Å². The fourth-order valence-electron chi connectivity index (χ4n) is 3.90. The lowest BCUT2D eigenvalue weighted by atomic mass is 9.87. The molecule has 0 saturated carbocycles. The number of sulfonamides is 1. The summed E-state index contributed by atoms with van der Waals surface area (Å²) in [5, 5.41) is 12.4. The molecule has 1 aliphatic heterocycles. The van der Waals surface area contributed by atoms with Crippen molar-refractivity contribution in [3.63, 3.8) is 0 Å². The number of hydrogen-bond donors (Lipinski definition) is 2. The molecule has 172 valence electrons. The van der Waals surface area contributed by atoms with Gasteiger partial charge in [-0.3, -0.25) is 4.79 Å². The molecular weight excluding hydrogens is 452 g/mol. The maximum atomic E-state index is 13.7. The number of benzene rings is 2. The van der Waals surface area contributed by atoms with Crippen LogP contribution in [0.5, 0.6) is 0 Å². The SMILES string of the molecule is CC(C)C1CCNC(=O)C(N(Cc2ccc(C(=O)O)cc2)S(=O)(=O)c2ccc(Cl)cc2)C1. The molecule has 2 unspecified atom stereocenters. The topological polar surface area (TPSA) is 104 Å². The van der Waals surface area contributed by atoms with E-state index < -0.39 is 22.0 Å². The van der Waals surface area contributed by atoms with Gasteiger partial charge in [-0.1, -0.05) is 37.6 Å². The minimum atomic E-state index is -4.04. The number of halogens is 1. The molecule has 1 fully saturated rings. The summed E-state index contributed by atoms with van der Waals surface area (Å²) >= 11 is 5.94. The second-order valence-electron chi connectivity index (χ2n) is 8.34. The summed E-state index contributed by atoms with van der Waals surface area (Å²) in [6.45, 7) is 4.58. The van der Waals surface area contributed by atoms with Crippen LogP contribution < -0.4 is 5.32 Å². The molecule has 1 aliphatic rings. The molecule has 0 radical (unpaired) electrons. The number of carbonyl (C=O) groups is 2.